The number of allylic oxidation sites excluding steroid dienone is 1. The second-order valence-electron chi connectivity index (χ2n) is 14.3. The predicted molar refractivity (Wildman–Crippen MR) is 148 cm³/mol. The summed E-state index contributed by atoms with van der Waals surface area (Å²) in [4.78, 5) is 25.9. The van der Waals surface area contributed by atoms with E-state index in [1.54, 1.807) is 0 Å². The topological polar surface area (TPSA) is 89.5 Å². The lowest BCUT2D eigenvalue weighted by atomic mass is 9.43. The standard InChI is InChI=1S/C31H44O8Si/c1-27-11-12-30(35-14-15-36-30)19-21(27)7-8-22-23-9-10-31(37-16-17-38-31)28(23,2)20-29(24(22)27,13-18-40(4,5)6)39-26(33)25(32)34-3/h7,22-24H,8-12,14-17,19-20H2,1-6H3/t22-,23-,24-,27-,28-,29-/m0/s1. The minimum Gasteiger partial charge on any atom is -0.461 e. The Kier molecular flexibility index (Phi) is 6.68. The molecule has 0 unspecified atom stereocenters. The van der Waals surface area contributed by atoms with Crippen LogP contribution >= 0.6 is 0 Å². The van der Waals surface area contributed by atoms with Gasteiger partial charge in [-0.2, -0.15) is 0 Å². The zero-order chi connectivity index (χ0) is 28.6. The van der Waals surface area contributed by atoms with Crippen LogP contribution in [-0.4, -0.2) is 70.7 Å². The van der Waals surface area contributed by atoms with Crippen LogP contribution in [0.2, 0.25) is 19.6 Å². The molecule has 2 heterocycles. The molecular formula is C31H44O8Si. The first-order chi connectivity index (χ1) is 18.8. The van der Waals surface area contributed by atoms with Gasteiger partial charge in [-0.15, -0.1) is 5.54 Å². The maximum Gasteiger partial charge on any atom is 0.418 e. The van der Waals surface area contributed by atoms with Crippen molar-refractivity contribution in [3.05, 3.63) is 11.6 Å². The smallest absolute Gasteiger partial charge is 0.418 e. The van der Waals surface area contributed by atoms with Crippen molar-refractivity contribution in [3.8, 4) is 11.5 Å². The molecule has 2 spiro atoms. The molecule has 0 aromatic rings. The molecule has 6 aliphatic rings. The molecule has 40 heavy (non-hydrogen) atoms. The number of carbonyl (C=O) groups excluding carboxylic acids is 2. The van der Waals surface area contributed by atoms with Crippen LogP contribution in [0.1, 0.15) is 58.8 Å². The largest absolute Gasteiger partial charge is 0.461 e. The molecule has 0 amide bonds. The summed E-state index contributed by atoms with van der Waals surface area (Å²) in [6.45, 7) is 13.4. The van der Waals surface area contributed by atoms with Crippen LogP contribution in [0.3, 0.4) is 0 Å². The van der Waals surface area contributed by atoms with Crippen LogP contribution in [0.5, 0.6) is 0 Å². The molecule has 4 aliphatic carbocycles. The molecule has 0 aromatic carbocycles. The summed E-state index contributed by atoms with van der Waals surface area (Å²) < 4.78 is 36.4. The fraction of sp³-hybridized carbons (Fsp3) is 0.806. The molecule has 0 N–H and O–H groups in total. The maximum atomic E-state index is 13.4. The molecule has 6 rings (SSSR count). The summed E-state index contributed by atoms with van der Waals surface area (Å²) in [5.41, 5.74) is 2.92. The molecule has 2 saturated heterocycles. The summed E-state index contributed by atoms with van der Waals surface area (Å²) in [5, 5.41) is 0. The summed E-state index contributed by atoms with van der Waals surface area (Å²) in [6.07, 6.45) is 7.78. The zero-order valence-electron chi connectivity index (χ0n) is 24.9. The maximum absolute atomic E-state index is 13.4. The van der Waals surface area contributed by atoms with E-state index in [-0.39, 0.29) is 17.3 Å². The van der Waals surface area contributed by atoms with Gasteiger partial charge in [-0.3, -0.25) is 0 Å². The lowest BCUT2D eigenvalue weighted by Gasteiger charge is -2.64. The van der Waals surface area contributed by atoms with Crippen LogP contribution in [0.25, 0.3) is 0 Å². The molecule has 0 bridgehead atoms. The third-order valence-corrected chi connectivity index (χ3v) is 11.8. The number of rotatable bonds is 1. The average molecular weight is 573 g/mol. The Bertz CT molecular complexity index is 1170. The van der Waals surface area contributed by atoms with Crippen molar-refractivity contribution in [1.82, 2.24) is 0 Å². The molecule has 6 atom stereocenters. The Balaban J connectivity index is 1.53. The first kappa shape index (κ1) is 28.4. The van der Waals surface area contributed by atoms with Gasteiger partial charge in [-0.25, -0.2) is 9.59 Å². The average Bonchev–Trinajstić information content (AvgIpc) is 3.63. The second kappa shape index (κ2) is 9.40. The molecule has 0 aromatic heterocycles. The van der Waals surface area contributed by atoms with Crippen LogP contribution < -0.4 is 0 Å². The van der Waals surface area contributed by atoms with E-state index in [9.17, 15) is 9.59 Å². The highest BCUT2D eigenvalue weighted by molar-refractivity contribution is 6.83. The van der Waals surface area contributed by atoms with Crippen LogP contribution in [0.15, 0.2) is 11.6 Å². The summed E-state index contributed by atoms with van der Waals surface area (Å²) in [6, 6.07) is 0. The van der Waals surface area contributed by atoms with Crippen LogP contribution in [0.4, 0.5) is 0 Å². The summed E-state index contributed by atoms with van der Waals surface area (Å²) in [5.74, 6) is 0.697. The Morgan fingerprint density at radius 2 is 1.65 bits per heavy atom. The first-order valence-corrected chi connectivity index (χ1v) is 18.4. The molecule has 2 aliphatic heterocycles. The summed E-state index contributed by atoms with van der Waals surface area (Å²) in [7, 11) is -0.699. The third-order valence-electron chi connectivity index (χ3n) is 10.9. The Labute approximate surface area is 238 Å². The summed E-state index contributed by atoms with van der Waals surface area (Å²) >= 11 is 0. The van der Waals surface area contributed by atoms with Gasteiger partial charge in [0, 0.05) is 37.0 Å². The van der Waals surface area contributed by atoms with Crippen molar-refractivity contribution in [3.63, 3.8) is 0 Å². The van der Waals surface area contributed by atoms with Gasteiger partial charge in [0.1, 0.15) is 8.07 Å². The van der Waals surface area contributed by atoms with Gasteiger partial charge in [-0.05, 0) is 36.5 Å². The van der Waals surface area contributed by atoms with Crippen molar-refractivity contribution in [2.75, 3.05) is 33.5 Å². The van der Waals surface area contributed by atoms with Gasteiger partial charge in [0.2, 0.25) is 0 Å². The van der Waals surface area contributed by atoms with Crippen LogP contribution in [-0.2, 0) is 38.0 Å². The number of methoxy groups -OCH3 is 1. The highest BCUT2D eigenvalue weighted by atomic mass is 28.3. The first-order valence-electron chi connectivity index (χ1n) is 14.9. The molecule has 3 saturated carbocycles. The van der Waals surface area contributed by atoms with Gasteiger partial charge < -0.3 is 28.4 Å². The van der Waals surface area contributed by atoms with E-state index in [0.717, 1.165) is 32.1 Å². The van der Waals surface area contributed by atoms with Gasteiger partial charge in [0.15, 0.2) is 17.2 Å². The van der Waals surface area contributed by atoms with Crippen molar-refractivity contribution >= 4 is 20.0 Å². The number of carbonyl (C=O) groups is 2. The minimum atomic E-state index is -1.91. The Hall–Kier alpha value is -1.70. The number of ether oxygens (including phenoxy) is 6. The molecule has 8 nitrogen and oxygen atoms in total. The minimum absolute atomic E-state index is 0.106. The fourth-order valence-corrected chi connectivity index (χ4v) is 9.93. The zero-order valence-corrected chi connectivity index (χ0v) is 25.9. The molecule has 5 fully saturated rings. The lowest BCUT2D eigenvalue weighted by Crippen LogP contribution is -2.66. The SMILES string of the molecule is COC(=O)C(=O)O[C@@]1(C#C[Si](C)(C)C)C[C@@]2(C)[C@@H](CCC23OCCO3)[C@@H]2CC=C3CC4(CC[C@]3(C)[C@H]21)OCCO4. The van der Waals surface area contributed by atoms with Gasteiger partial charge in [-0.1, -0.05) is 51.1 Å². The van der Waals surface area contributed by atoms with Crippen molar-refractivity contribution in [2.24, 2.45) is 28.6 Å². The van der Waals surface area contributed by atoms with E-state index in [4.69, 9.17) is 28.4 Å². The van der Waals surface area contributed by atoms with E-state index in [0.29, 0.717) is 45.2 Å². The van der Waals surface area contributed by atoms with Gasteiger partial charge >= 0.3 is 11.9 Å². The molecule has 220 valence electrons. The number of esters is 2. The van der Waals surface area contributed by atoms with Gasteiger partial charge in [0.05, 0.1) is 33.5 Å². The number of hydrogen-bond donors (Lipinski definition) is 0. The normalized spacial score (nSPS) is 40.9. The van der Waals surface area contributed by atoms with E-state index < -0.39 is 42.6 Å². The molecule has 9 heteroatoms. The number of fused-ring (bicyclic) bond motifs is 6. The van der Waals surface area contributed by atoms with Crippen molar-refractivity contribution in [2.45, 2.75) is 95.6 Å². The van der Waals surface area contributed by atoms with E-state index in [1.807, 2.05) is 0 Å². The second-order valence-corrected chi connectivity index (χ2v) is 19.0. The molecular weight excluding hydrogens is 528 g/mol. The third kappa shape index (κ3) is 4.16. The lowest BCUT2D eigenvalue weighted by molar-refractivity contribution is -0.272. The van der Waals surface area contributed by atoms with E-state index in [1.165, 1.54) is 12.7 Å². The van der Waals surface area contributed by atoms with Gasteiger partial charge in [0.25, 0.3) is 0 Å². The monoisotopic (exact) mass is 572 g/mol. The highest BCUT2D eigenvalue weighted by Crippen LogP contribution is 2.72. The number of hydrogen-bond acceptors (Lipinski definition) is 8. The quantitative estimate of drug-likeness (QED) is 0.150. The Morgan fingerprint density at radius 3 is 2.30 bits per heavy atom. The Morgan fingerprint density at radius 1 is 0.975 bits per heavy atom. The highest BCUT2D eigenvalue weighted by Gasteiger charge is 2.74. The predicted octanol–water partition coefficient (Wildman–Crippen LogP) is 4.38. The van der Waals surface area contributed by atoms with E-state index in [2.05, 4.69) is 51.0 Å². The van der Waals surface area contributed by atoms with Crippen molar-refractivity contribution < 1.29 is 38.0 Å². The van der Waals surface area contributed by atoms with Crippen LogP contribution in [0, 0.1) is 40.0 Å². The van der Waals surface area contributed by atoms with E-state index >= 15 is 0 Å². The fourth-order valence-electron chi connectivity index (χ4n) is 9.34. The molecule has 0 radical (unpaired) electrons. The van der Waals surface area contributed by atoms with Crippen molar-refractivity contribution in [1.29, 1.82) is 0 Å².